The average Bonchev–Trinajstić information content (AvgIpc) is 2.19. The van der Waals surface area contributed by atoms with Gasteiger partial charge in [0.15, 0.2) is 0 Å². The van der Waals surface area contributed by atoms with Crippen molar-refractivity contribution in [1.82, 2.24) is 0 Å². The van der Waals surface area contributed by atoms with Gasteiger partial charge in [0.05, 0.1) is 0 Å². The van der Waals surface area contributed by atoms with E-state index in [1.807, 2.05) is 0 Å². The van der Waals surface area contributed by atoms with E-state index >= 15 is 0 Å². The topological polar surface area (TPSA) is 3.24 Å². The van der Waals surface area contributed by atoms with Crippen LogP contribution in [0, 0.1) is 12.8 Å². The fourth-order valence-corrected chi connectivity index (χ4v) is 2.09. The van der Waals surface area contributed by atoms with Gasteiger partial charge in [-0.25, -0.2) is 0 Å². The average molecular weight is 189 g/mol. The molecule has 1 saturated heterocycles. The third-order valence-electron chi connectivity index (χ3n) is 3.15. The smallest absolute Gasteiger partial charge is 0.0368 e. The molecule has 1 fully saturated rings. The maximum Gasteiger partial charge on any atom is 0.0368 e. The molecule has 0 spiro atoms. The molecule has 0 N–H and O–H groups in total. The van der Waals surface area contributed by atoms with Crippen LogP contribution in [0.2, 0.25) is 0 Å². The highest BCUT2D eigenvalue weighted by molar-refractivity contribution is 5.48. The van der Waals surface area contributed by atoms with Crippen LogP contribution in [-0.4, -0.2) is 13.1 Å². The predicted molar refractivity (Wildman–Crippen MR) is 61.8 cm³/mol. The first kappa shape index (κ1) is 9.57. The summed E-state index contributed by atoms with van der Waals surface area (Å²) in [5.74, 6) is 0.913. The van der Waals surface area contributed by atoms with Gasteiger partial charge in [-0.3, -0.25) is 0 Å². The highest BCUT2D eigenvalue weighted by atomic mass is 15.1. The molecule has 1 aliphatic rings. The Morgan fingerprint density at radius 1 is 1.21 bits per heavy atom. The van der Waals surface area contributed by atoms with E-state index in [0.717, 1.165) is 5.92 Å². The zero-order chi connectivity index (χ0) is 9.97. The molecule has 0 aliphatic carbocycles. The van der Waals surface area contributed by atoms with Crippen molar-refractivity contribution in [3.8, 4) is 0 Å². The maximum absolute atomic E-state index is 2.51. The normalized spacial score (nSPS) is 18.6. The fourth-order valence-electron chi connectivity index (χ4n) is 2.09. The number of hydrogen-bond acceptors (Lipinski definition) is 1. The van der Waals surface area contributed by atoms with Gasteiger partial charge < -0.3 is 4.90 Å². The van der Waals surface area contributed by atoms with Crippen LogP contribution in [0.25, 0.3) is 0 Å². The Morgan fingerprint density at radius 3 is 2.57 bits per heavy atom. The van der Waals surface area contributed by atoms with Crippen LogP contribution in [-0.2, 0) is 0 Å². The van der Waals surface area contributed by atoms with Crippen molar-refractivity contribution in [3.63, 3.8) is 0 Å². The van der Waals surface area contributed by atoms with Crippen molar-refractivity contribution in [1.29, 1.82) is 0 Å². The van der Waals surface area contributed by atoms with Gasteiger partial charge in [0.2, 0.25) is 0 Å². The molecule has 0 amide bonds. The predicted octanol–water partition coefficient (Wildman–Crippen LogP) is 3.23. The van der Waals surface area contributed by atoms with E-state index in [1.54, 1.807) is 0 Å². The van der Waals surface area contributed by atoms with Gasteiger partial charge in [-0.2, -0.15) is 0 Å². The Balaban J connectivity index is 2.08. The summed E-state index contributed by atoms with van der Waals surface area (Å²) in [6.45, 7) is 6.97. The van der Waals surface area contributed by atoms with Crippen LogP contribution in [0.1, 0.15) is 25.3 Å². The molecule has 1 nitrogen and oxygen atoms in total. The molecule has 1 heteroatoms. The van der Waals surface area contributed by atoms with E-state index in [-0.39, 0.29) is 0 Å². The lowest BCUT2D eigenvalue weighted by atomic mass is 9.98. The van der Waals surface area contributed by atoms with Crippen LogP contribution < -0.4 is 4.90 Å². The zero-order valence-electron chi connectivity index (χ0n) is 9.16. The van der Waals surface area contributed by atoms with E-state index in [0.29, 0.717) is 0 Å². The fraction of sp³-hybridized carbons (Fsp3) is 0.538. The first-order valence-corrected chi connectivity index (χ1v) is 5.57. The van der Waals surface area contributed by atoms with Crippen molar-refractivity contribution in [2.24, 2.45) is 5.92 Å². The molecule has 76 valence electrons. The van der Waals surface area contributed by atoms with Gasteiger partial charge in [-0.15, -0.1) is 0 Å². The Bertz CT molecular complexity index is 298. The van der Waals surface area contributed by atoms with Crippen molar-refractivity contribution < 1.29 is 0 Å². The quantitative estimate of drug-likeness (QED) is 0.655. The lowest BCUT2D eigenvalue weighted by Crippen LogP contribution is -2.32. The van der Waals surface area contributed by atoms with Crippen molar-refractivity contribution in [2.75, 3.05) is 18.0 Å². The summed E-state index contributed by atoms with van der Waals surface area (Å²) >= 11 is 0. The number of piperidine rings is 1. The van der Waals surface area contributed by atoms with Gasteiger partial charge in [-0.1, -0.05) is 19.1 Å². The Labute approximate surface area is 86.7 Å². The summed E-state index contributed by atoms with van der Waals surface area (Å²) in [6, 6.07) is 8.83. The lowest BCUT2D eigenvalue weighted by molar-refractivity contribution is 0.438. The molecule has 1 aromatic rings. The molecule has 1 aliphatic heterocycles. The SMILES string of the molecule is Cc1cccc(N2CCC(C)CC2)c1. The largest absolute Gasteiger partial charge is 0.372 e. The second kappa shape index (κ2) is 4.04. The first-order chi connectivity index (χ1) is 6.75. The molecule has 0 saturated carbocycles. The van der Waals surface area contributed by atoms with Gasteiger partial charge in [0.25, 0.3) is 0 Å². The Kier molecular flexibility index (Phi) is 2.76. The maximum atomic E-state index is 2.51. The number of rotatable bonds is 1. The van der Waals surface area contributed by atoms with Crippen LogP contribution in [0.5, 0.6) is 0 Å². The molecule has 0 atom stereocenters. The minimum Gasteiger partial charge on any atom is -0.372 e. The molecule has 14 heavy (non-hydrogen) atoms. The second-order valence-corrected chi connectivity index (χ2v) is 4.51. The van der Waals surface area contributed by atoms with Crippen LogP contribution in [0.3, 0.4) is 0 Å². The summed E-state index contributed by atoms with van der Waals surface area (Å²) in [5.41, 5.74) is 2.76. The summed E-state index contributed by atoms with van der Waals surface area (Å²) in [5, 5.41) is 0. The third-order valence-corrected chi connectivity index (χ3v) is 3.15. The summed E-state index contributed by atoms with van der Waals surface area (Å²) in [6.07, 6.45) is 2.68. The van der Waals surface area contributed by atoms with Crippen LogP contribution in [0.15, 0.2) is 24.3 Å². The zero-order valence-corrected chi connectivity index (χ0v) is 9.16. The lowest BCUT2D eigenvalue weighted by Gasteiger charge is -2.32. The number of nitrogens with zero attached hydrogens (tertiary/aromatic N) is 1. The second-order valence-electron chi connectivity index (χ2n) is 4.51. The van der Waals surface area contributed by atoms with Crippen LogP contribution in [0.4, 0.5) is 5.69 Å². The number of anilines is 1. The molecule has 1 aromatic carbocycles. The molecule has 0 aromatic heterocycles. The van der Waals surface area contributed by atoms with Crippen LogP contribution >= 0.6 is 0 Å². The van der Waals surface area contributed by atoms with E-state index < -0.39 is 0 Å². The monoisotopic (exact) mass is 189 g/mol. The molecule has 1 heterocycles. The molecule has 2 rings (SSSR count). The molecular formula is C13H19N. The number of aryl methyl sites for hydroxylation is 1. The standard InChI is InChI=1S/C13H19N/c1-11-6-8-14(9-7-11)13-5-3-4-12(2)10-13/h3-5,10-11H,6-9H2,1-2H3. The van der Waals surface area contributed by atoms with Gasteiger partial charge in [0.1, 0.15) is 0 Å². The minimum atomic E-state index is 0.913. The molecule has 0 radical (unpaired) electrons. The molecule has 0 bridgehead atoms. The third kappa shape index (κ3) is 2.09. The first-order valence-electron chi connectivity index (χ1n) is 5.57. The van der Waals surface area contributed by atoms with E-state index in [1.165, 1.54) is 37.2 Å². The Hall–Kier alpha value is -0.980. The van der Waals surface area contributed by atoms with Crippen molar-refractivity contribution in [3.05, 3.63) is 29.8 Å². The Morgan fingerprint density at radius 2 is 1.93 bits per heavy atom. The van der Waals surface area contributed by atoms with Gasteiger partial charge in [0, 0.05) is 18.8 Å². The van der Waals surface area contributed by atoms with Gasteiger partial charge in [-0.05, 0) is 43.4 Å². The highest BCUT2D eigenvalue weighted by Crippen LogP contribution is 2.23. The van der Waals surface area contributed by atoms with E-state index in [9.17, 15) is 0 Å². The summed E-state index contributed by atoms with van der Waals surface area (Å²) < 4.78 is 0. The van der Waals surface area contributed by atoms with Crippen molar-refractivity contribution >= 4 is 5.69 Å². The highest BCUT2D eigenvalue weighted by Gasteiger charge is 2.15. The van der Waals surface area contributed by atoms with E-state index in [4.69, 9.17) is 0 Å². The molecule has 0 unspecified atom stereocenters. The van der Waals surface area contributed by atoms with Gasteiger partial charge >= 0.3 is 0 Å². The number of hydrogen-bond donors (Lipinski definition) is 0. The summed E-state index contributed by atoms with van der Waals surface area (Å²) in [7, 11) is 0. The summed E-state index contributed by atoms with van der Waals surface area (Å²) in [4.78, 5) is 2.51. The minimum absolute atomic E-state index is 0.913. The van der Waals surface area contributed by atoms with Crippen molar-refractivity contribution in [2.45, 2.75) is 26.7 Å². The molecular weight excluding hydrogens is 170 g/mol. The number of benzene rings is 1. The van der Waals surface area contributed by atoms with E-state index in [2.05, 4.69) is 43.0 Å².